The van der Waals surface area contributed by atoms with Crippen molar-refractivity contribution in [2.75, 3.05) is 19.6 Å². The van der Waals surface area contributed by atoms with E-state index in [1.807, 2.05) is 13.8 Å². The minimum absolute atomic E-state index is 0.0433. The molecule has 0 aliphatic carbocycles. The summed E-state index contributed by atoms with van der Waals surface area (Å²) >= 11 is 0. The summed E-state index contributed by atoms with van der Waals surface area (Å²) in [6.45, 7) is 5.00. The average molecular weight is 439 g/mol. The molecule has 1 aliphatic rings. The van der Waals surface area contributed by atoms with Gasteiger partial charge in [-0.25, -0.2) is 16.8 Å². The topological polar surface area (TPSA) is 95.0 Å². The molecular formula is C20H26N2O5S2. The molecule has 2 aromatic carbocycles. The van der Waals surface area contributed by atoms with Gasteiger partial charge in [0.05, 0.1) is 15.9 Å². The Morgan fingerprint density at radius 1 is 0.759 bits per heavy atom. The van der Waals surface area contributed by atoms with Crippen LogP contribution >= 0.6 is 0 Å². The molecule has 1 heterocycles. The van der Waals surface area contributed by atoms with E-state index in [1.54, 1.807) is 31.2 Å². The number of aryl methyl sites for hydroxylation is 2. The molecule has 0 aromatic heterocycles. The van der Waals surface area contributed by atoms with Crippen LogP contribution < -0.4 is 0 Å². The van der Waals surface area contributed by atoms with Crippen molar-refractivity contribution in [3.05, 3.63) is 59.7 Å². The molecule has 0 amide bonds. The van der Waals surface area contributed by atoms with Gasteiger partial charge in [0.25, 0.3) is 0 Å². The first-order chi connectivity index (χ1) is 13.5. The molecule has 1 aliphatic heterocycles. The maximum absolute atomic E-state index is 13.1. The second kappa shape index (κ2) is 8.16. The molecule has 1 fully saturated rings. The first kappa shape index (κ1) is 21.9. The predicted molar refractivity (Wildman–Crippen MR) is 110 cm³/mol. The van der Waals surface area contributed by atoms with Crippen molar-refractivity contribution < 1.29 is 21.9 Å². The number of nitrogens with zero attached hydrogens (tertiary/aromatic N) is 2. The van der Waals surface area contributed by atoms with Gasteiger partial charge >= 0.3 is 0 Å². The lowest BCUT2D eigenvalue weighted by Crippen LogP contribution is -2.44. The van der Waals surface area contributed by atoms with E-state index in [4.69, 9.17) is 0 Å². The number of benzene rings is 2. The van der Waals surface area contributed by atoms with Crippen LogP contribution in [0.2, 0.25) is 0 Å². The van der Waals surface area contributed by atoms with Gasteiger partial charge in [0.1, 0.15) is 0 Å². The second-order valence-electron chi connectivity index (χ2n) is 7.53. The lowest BCUT2D eigenvalue weighted by molar-refractivity contribution is 0.142. The summed E-state index contributed by atoms with van der Waals surface area (Å²) in [5.74, 6) is 0. The maximum Gasteiger partial charge on any atom is 0.243 e. The van der Waals surface area contributed by atoms with Gasteiger partial charge in [0.2, 0.25) is 20.0 Å². The van der Waals surface area contributed by atoms with E-state index >= 15 is 0 Å². The Hall–Kier alpha value is -1.78. The number of β-amino-alcohol motifs (C(OH)–C–C–N with tert-alkyl or cyclic N) is 1. The molecule has 1 saturated heterocycles. The zero-order valence-electron chi connectivity index (χ0n) is 16.7. The Morgan fingerprint density at radius 2 is 1.21 bits per heavy atom. The van der Waals surface area contributed by atoms with E-state index in [9.17, 15) is 21.9 Å². The van der Waals surface area contributed by atoms with Gasteiger partial charge in [0, 0.05) is 25.7 Å². The summed E-state index contributed by atoms with van der Waals surface area (Å²) < 4.78 is 54.7. The van der Waals surface area contributed by atoms with Crippen LogP contribution in [0.3, 0.4) is 0 Å². The van der Waals surface area contributed by atoms with Gasteiger partial charge in [0.15, 0.2) is 0 Å². The van der Waals surface area contributed by atoms with Gasteiger partial charge in [-0.15, -0.1) is 0 Å². The van der Waals surface area contributed by atoms with Crippen LogP contribution in [0.5, 0.6) is 0 Å². The van der Waals surface area contributed by atoms with Gasteiger partial charge in [-0.3, -0.25) is 0 Å². The highest BCUT2D eigenvalue weighted by Gasteiger charge is 2.38. The molecule has 3 rings (SSSR count). The first-order valence-corrected chi connectivity index (χ1v) is 12.2. The normalized spacial score (nSPS) is 22.3. The van der Waals surface area contributed by atoms with Gasteiger partial charge in [-0.2, -0.15) is 8.61 Å². The van der Waals surface area contributed by atoms with Gasteiger partial charge in [-0.05, 0) is 45.0 Å². The SMILES string of the molecule is Cc1ccc(S(=O)(=O)N2CC(O)CN(S(=O)(=O)c3ccc(C)cc3)[C@H](C)C2)cc1. The van der Waals surface area contributed by atoms with Crippen LogP contribution in [0.1, 0.15) is 18.1 Å². The quantitative estimate of drug-likeness (QED) is 0.785. The number of hydrogen-bond acceptors (Lipinski definition) is 5. The number of rotatable bonds is 4. The number of sulfonamides is 2. The molecule has 29 heavy (non-hydrogen) atoms. The molecule has 9 heteroatoms. The molecule has 0 spiro atoms. The van der Waals surface area contributed by atoms with Crippen molar-refractivity contribution in [1.29, 1.82) is 0 Å². The Morgan fingerprint density at radius 3 is 1.69 bits per heavy atom. The molecule has 1 unspecified atom stereocenters. The van der Waals surface area contributed by atoms with Crippen LogP contribution in [-0.4, -0.2) is 62.3 Å². The molecule has 0 saturated carbocycles. The van der Waals surface area contributed by atoms with Gasteiger partial charge < -0.3 is 5.11 Å². The van der Waals surface area contributed by atoms with E-state index in [0.29, 0.717) is 0 Å². The standard InChI is InChI=1S/C20H26N2O5S2/c1-15-4-8-19(9-5-15)28(24,25)21-12-17(3)22(14-18(23)13-21)29(26,27)20-10-6-16(2)7-11-20/h4-11,17-18,23H,12-14H2,1-3H3/t17-,18?/m1/s1. The van der Waals surface area contributed by atoms with Gasteiger partial charge in [-0.1, -0.05) is 35.4 Å². The lowest BCUT2D eigenvalue weighted by atomic mass is 10.2. The fraction of sp³-hybridized carbons (Fsp3) is 0.400. The van der Waals surface area contributed by atoms with Crippen molar-refractivity contribution in [3.8, 4) is 0 Å². The molecular weight excluding hydrogens is 412 g/mol. The van der Waals surface area contributed by atoms with Crippen LogP contribution in [0, 0.1) is 13.8 Å². The number of hydrogen-bond donors (Lipinski definition) is 1. The maximum atomic E-state index is 13.1. The highest BCUT2D eigenvalue weighted by atomic mass is 32.2. The molecule has 2 atom stereocenters. The number of aliphatic hydroxyl groups is 1. The third-order valence-corrected chi connectivity index (χ3v) is 8.89. The smallest absolute Gasteiger partial charge is 0.243 e. The Labute approximate surface area is 172 Å². The first-order valence-electron chi connectivity index (χ1n) is 9.35. The van der Waals surface area contributed by atoms with Crippen molar-refractivity contribution in [2.24, 2.45) is 0 Å². The second-order valence-corrected chi connectivity index (χ2v) is 11.4. The van der Waals surface area contributed by atoms with Crippen LogP contribution in [-0.2, 0) is 20.0 Å². The van der Waals surface area contributed by atoms with Crippen molar-refractivity contribution in [1.82, 2.24) is 8.61 Å². The van der Waals surface area contributed by atoms with Crippen molar-refractivity contribution in [2.45, 2.75) is 42.7 Å². The summed E-state index contributed by atoms with van der Waals surface area (Å²) in [4.78, 5) is 0.245. The van der Waals surface area contributed by atoms with E-state index in [-0.39, 0.29) is 29.4 Å². The van der Waals surface area contributed by atoms with Crippen LogP contribution in [0.4, 0.5) is 0 Å². The van der Waals surface area contributed by atoms with Crippen molar-refractivity contribution in [3.63, 3.8) is 0 Å². The Balaban J connectivity index is 1.91. The lowest BCUT2D eigenvalue weighted by Gasteiger charge is -2.28. The van der Waals surface area contributed by atoms with Crippen LogP contribution in [0.25, 0.3) is 0 Å². The molecule has 158 valence electrons. The summed E-state index contributed by atoms with van der Waals surface area (Å²) in [6.07, 6.45) is -1.14. The molecule has 0 radical (unpaired) electrons. The largest absolute Gasteiger partial charge is 0.390 e. The zero-order valence-corrected chi connectivity index (χ0v) is 18.3. The minimum atomic E-state index is -3.87. The molecule has 7 nitrogen and oxygen atoms in total. The summed E-state index contributed by atoms with van der Waals surface area (Å²) in [5.41, 5.74) is 1.87. The van der Waals surface area contributed by atoms with E-state index in [1.165, 1.54) is 28.6 Å². The highest BCUT2D eigenvalue weighted by Crippen LogP contribution is 2.25. The Kier molecular flexibility index (Phi) is 6.16. The highest BCUT2D eigenvalue weighted by molar-refractivity contribution is 7.89. The third-order valence-electron chi connectivity index (χ3n) is 5.05. The molecule has 1 N–H and O–H groups in total. The zero-order chi connectivity index (χ0) is 21.4. The summed E-state index contributed by atoms with van der Waals surface area (Å²) in [5, 5.41) is 10.4. The Bertz CT molecular complexity index is 1060. The summed E-state index contributed by atoms with van der Waals surface area (Å²) in [7, 11) is -7.73. The number of aliphatic hydroxyl groups excluding tert-OH is 1. The van der Waals surface area contributed by atoms with E-state index in [2.05, 4.69) is 0 Å². The summed E-state index contributed by atoms with van der Waals surface area (Å²) in [6, 6.07) is 12.3. The fourth-order valence-electron chi connectivity index (χ4n) is 3.38. The average Bonchev–Trinajstić information content (AvgIpc) is 2.81. The molecule has 2 aromatic rings. The third kappa shape index (κ3) is 4.54. The minimum Gasteiger partial charge on any atom is -0.390 e. The fourth-order valence-corrected chi connectivity index (χ4v) is 6.60. The van der Waals surface area contributed by atoms with Crippen molar-refractivity contribution >= 4 is 20.0 Å². The van der Waals surface area contributed by atoms with Crippen LogP contribution in [0.15, 0.2) is 58.3 Å². The van der Waals surface area contributed by atoms with E-state index < -0.39 is 32.2 Å². The molecule has 0 bridgehead atoms. The predicted octanol–water partition coefficient (Wildman–Crippen LogP) is 1.75. The van der Waals surface area contributed by atoms with E-state index in [0.717, 1.165) is 15.4 Å². The monoisotopic (exact) mass is 438 g/mol.